The van der Waals surface area contributed by atoms with Crippen molar-refractivity contribution in [1.82, 2.24) is 19.9 Å². The molecule has 0 fully saturated rings. The molecule has 5 heteroatoms. The van der Waals surface area contributed by atoms with Gasteiger partial charge in [0.05, 0.1) is 17.4 Å². The van der Waals surface area contributed by atoms with Gasteiger partial charge in [-0.2, -0.15) is 0 Å². The largest absolute Gasteiger partial charge is 0.421 e. The molecule has 0 spiro atoms. The lowest BCUT2D eigenvalue weighted by molar-refractivity contribution is 0.445. The van der Waals surface area contributed by atoms with Gasteiger partial charge in [0, 0.05) is 24.5 Å². The zero-order chi connectivity index (χ0) is 15.0. The number of imidazole rings is 1. The summed E-state index contributed by atoms with van der Waals surface area (Å²) in [5.41, 5.74) is 2.12. The molecule has 4 aromatic rings. The van der Waals surface area contributed by atoms with Crippen molar-refractivity contribution in [2.24, 2.45) is 0 Å². The van der Waals surface area contributed by atoms with E-state index in [2.05, 4.69) is 19.9 Å². The van der Waals surface area contributed by atoms with Gasteiger partial charge in [-0.15, -0.1) is 0 Å². The molecule has 0 saturated heterocycles. The van der Waals surface area contributed by atoms with Gasteiger partial charge in [0.25, 0.3) is 0 Å². The van der Waals surface area contributed by atoms with Crippen LogP contribution in [0.5, 0.6) is 11.8 Å². The zero-order valence-corrected chi connectivity index (χ0v) is 11.8. The number of nitrogens with zero attached hydrogens (tertiary/aromatic N) is 3. The van der Waals surface area contributed by atoms with Crippen LogP contribution in [0.15, 0.2) is 79.4 Å². The molecule has 1 aromatic carbocycles. The van der Waals surface area contributed by atoms with Crippen LogP contribution in [-0.2, 0) is 0 Å². The minimum Gasteiger partial charge on any atom is -0.421 e. The van der Waals surface area contributed by atoms with Crippen LogP contribution in [-0.4, -0.2) is 19.9 Å². The van der Waals surface area contributed by atoms with E-state index in [9.17, 15) is 0 Å². The van der Waals surface area contributed by atoms with Gasteiger partial charge in [0.1, 0.15) is 0 Å². The number of aromatic nitrogens is 4. The van der Waals surface area contributed by atoms with Crippen molar-refractivity contribution in [3.8, 4) is 11.8 Å². The number of ether oxygens (including phenoxy) is 1. The molecule has 22 heavy (non-hydrogen) atoms. The molecule has 0 atom stereocenters. The second-order valence-electron chi connectivity index (χ2n) is 4.36. The third-order valence-electron chi connectivity index (χ3n) is 2.81. The Morgan fingerprint density at radius 2 is 1.32 bits per heavy atom. The Morgan fingerprint density at radius 1 is 0.682 bits per heavy atom. The minimum absolute atomic E-state index is 0.557. The van der Waals surface area contributed by atoms with E-state index >= 15 is 0 Å². The summed E-state index contributed by atoms with van der Waals surface area (Å²) in [6.07, 6.45) is 5.06. The van der Waals surface area contributed by atoms with E-state index in [0.717, 1.165) is 11.0 Å². The van der Waals surface area contributed by atoms with Crippen LogP contribution in [0.2, 0.25) is 0 Å². The first-order valence-corrected chi connectivity index (χ1v) is 6.80. The standard InChI is InChI=1S/C10H8N2O.C7H6N2/c1-3-7-11-9(5-1)13-10-6-2-4-8-12-10;1-2-4-7-6(3-1)8-5-9-7/h1-8H;1-5H,(H,8,9). The monoisotopic (exact) mass is 290 g/mol. The number of hydrogen-bond acceptors (Lipinski definition) is 4. The Kier molecular flexibility index (Phi) is 4.37. The molecule has 108 valence electrons. The molecular weight excluding hydrogens is 276 g/mol. The highest BCUT2D eigenvalue weighted by molar-refractivity contribution is 5.73. The van der Waals surface area contributed by atoms with Gasteiger partial charge >= 0.3 is 0 Å². The van der Waals surface area contributed by atoms with Crippen molar-refractivity contribution in [1.29, 1.82) is 0 Å². The van der Waals surface area contributed by atoms with E-state index in [-0.39, 0.29) is 0 Å². The summed E-state index contributed by atoms with van der Waals surface area (Å²) in [5, 5.41) is 0. The van der Waals surface area contributed by atoms with Crippen LogP contribution >= 0.6 is 0 Å². The van der Waals surface area contributed by atoms with Crippen LogP contribution < -0.4 is 4.74 Å². The molecule has 1 N–H and O–H groups in total. The Morgan fingerprint density at radius 3 is 1.91 bits per heavy atom. The van der Waals surface area contributed by atoms with Gasteiger partial charge in [0.15, 0.2) is 0 Å². The first-order valence-electron chi connectivity index (χ1n) is 6.80. The fourth-order valence-corrected chi connectivity index (χ4v) is 1.80. The highest BCUT2D eigenvalue weighted by Gasteiger charge is 1.95. The summed E-state index contributed by atoms with van der Waals surface area (Å²) in [4.78, 5) is 15.1. The van der Waals surface area contributed by atoms with Crippen LogP contribution in [0, 0.1) is 0 Å². The van der Waals surface area contributed by atoms with Crippen LogP contribution in [0.4, 0.5) is 0 Å². The smallest absolute Gasteiger partial charge is 0.221 e. The zero-order valence-electron chi connectivity index (χ0n) is 11.8. The number of para-hydroxylation sites is 2. The van der Waals surface area contributed by atoms with Gasteiger partial charge in [-0.1, -0.05) is 24.3 Å². The number of H-pyrrole nitrogens is 1. The van der Waals surface area contributed by atoms with Crippen LogP contribution in [0.25, 0.3) is 11.0 Å². The van der Waals surface area contributed by atoms with Crippen LogP contribution in [0.3, 0.4) is 0 Å². The number of nitrogens with one attached hydrogen (secondary N) is 1. The number of benzene rings is 1. The maximum absolute atomic E-state index is 5.36. The fourth-order valence-electron chi connectivity index (χ4n) is 1.80. The molecule has 0 unspecified atom stereocenters. The van der Waals surface area contributed by atoms with Crippen molar-refractivity contribution in [3.63, 3.8) is 0 Å². The van der Waals surface area contributed by atoms with E-state index in [1.165, 1.54) is 0 Å². The molecule has 3 aromatic heterocycles. The lowest BCUT2D eigenvalue weighted by Crippen LogP contribution is -1.88. The molecule has 3 heterocycles. The minimum atomic E-state index is 0.557. The normalized spacial score (nSPS) is 9.82. The molecule has 0 amide bonds. The van der Waals surface area contributed by atoms with Crippen molar-refractivity contribution < 1.29 is 4.74 Å². The third kappa shape index (κ3) is 3.67. The first-order chi connectivity index (χ1) is 10.9. The molecule has 0 saturated carbocycles. The van der Waals surface area contributed by atoms with Crippen molar-refractivity contribution in [2.45, 2.75) is 0 Å². The highest BCUT2D eigenvalue weighted by Crippen LogP contribution is 2.14. The quantitative estimate of drug-likeness (QED) is 0.609. The third-order valence-corrected chi connectivity index (χ3v) is 2.81. The Bertz CT molecular complexity index is 748. The lowest BCUT2D eigenvalue weighted by Gasteiger charge is -2.00. The van der Waals surface area contributed by atoms with E-state index < -0.39 is 0 Å². The van der Waals surface area contributed by atoms with E-state index in [1.807, 2.05) is 48.5 Å². The summed E-state index contributed by atoms with van der Waals surface area (Å²) in [5.74, 6) is 1.11. The first kappa shape index (κ1) is 13.8. The molecule has 5 nitrogen and oxygen atoms in total. The predicted molar refractivity (Wildman–Crippen MR) is 84.6 cm³/mol. The Balaban J connectivity index is 0.000000139. The van der Waals surface area contributed by atoms with E-state index in [1.54, 1.807) is 30.9 Å². The van der Waals surface area contributed by atoms with Crippen LogP contribution in [0.1, 0.15) is 0 Å². The fraction of sp³-hybridized carbons (Fsp3) is 0. The number of pyridine rings is 2. The van der Waals surface area contributed by atoms with Gasteiger partial charge < -0.3 is 9.72 Å². The number of fused-ring (bicyclic) bond motifs is 1. The molecule has 0 radical (unpaired) electrons. The van der Waals surface area contributed by atoms with Crippen molar-refractivity contribution in [2.75, 3.05) is 0 Å². The van der Waals surface area contributed by atoms with Gasteiger partial charge in [-0.3, -0.25) is 0 Å². The van der Waals surface area contributed by atoms with Gasteiger partial charge in [-0.05, 0) is 24.3 Å². The Hall–Kier alpha value is -3.21. The summed E-state index contributed by atoms with van der Waals surface area (Å²) in [6.45, 7) is 0. The molecule has 0 aliphatic rings. The van der Waals surface area contributed by atoms with Gasteiger partial charge in [0.2, 0.25) is 11.8 Å². The SMILES string of the molecule is c1ccc(Oc2ccccn2)nc1.c1ccc2[nH]cnc2c1. The summed E-state index contributed by atoms with van der Waals surface area (Å²) < 4.78 is 5.36. The number of rotatable bonds is 2. The summed E-state index contributed by atoms with van der Waals surface area (Å²) in [6, 6.07) is 18.9. The predicted octanol–water partition coefficient (Wildman–Crippen LogP) is 3.83. The Labute approximate surface area is 127 Å². The maximum Gasteiger partial charge on any atom is 0.221 e. The molecule has 4 rings (SSSR count). The second kappa shape index (κ2) is 6.99. The average molecular weight is 290 g/mol. The topological polar surface area (TPSA) is 63.7 Å². The lowest BCUT2D eigenvalue weighted by atomic mass is 10.3. The molecule has 0 aliphatic heterocycles. The van der Waals surface area contributed by atoms with Gasteiger partial charge in [-0.25, -0.2) is 15.0 Å². The number of hydrogen-bond donors (Lipinski definition) is 1. The molecule has 0 aliphatic carbocycles. The maximum atomic E-state index is 5.36. The van der Waals surface area contributed by atoms with E-state index in [4.69, 9.17) is 4.74 Å². The van der Waals surface area contributed by atoms with Crippen molar-refractivity contribution in [3.05, 3.63) is 79.4 Å². The summed E-state index contributed by atoms with van der Waals surface area (Å²) in [7, 11) is 0. The molecular formula is C17H14N4O. The average Bonchev–Trinajstić information content (AvgIpc) is 3.06. The highest BCUT2D eigenvalue weighted by atomic mass is 16.5. The summed E-state index contributed by atoms with van der Waals surface area (Å²) >= 11 is 0. The van der Waals surface area contributed by atoms with Crippen molar-refractivity contribution >= 4 is 11.0 Å². The number of aromatic amines is 1. The molecule has 0 bridgehead atoms. The second-order valence-corrected chi connectivity index (χ2v) is 4.36. The van der Waals surface area contributed by atoms with E-state index in [0.29, 0.717) is 11.8 Å².